The number of nitrogens with zero attached hydrogens (tertiary/aromatic N) is 1. The number of amides is 1. The van der Waals surface area contributed by atoms with E-state index >= 15 is 0 Å². The Morgan fingerprint density at radius 3 is 2.47 bits per heavy atom. The first-order chi connectivity index (χ1) is 16.5. The van der Waals surface area contributed by atoms with Gasteiger partial charge < -0.3 is 14.8 Å². The van der Waals surface area contributed by atoms with Crippen LogP contribution in [0, 0.1) is 0 Å². The number of carbonyl (C=O) groups excluding carboxylic acids is 1. The van der Waals surface area contributed by atoms with Gasteiger partial charge in [-0.15, -0.1) is 0 Å². The van der Waals surface area contributed by atoms with Gasteiger partial charge in [-0.1, -0.05) is 55.8 Å². The minimum Gasteiger partial charge on any atom is -0.492 e. The first-order valence-electron chi connectivity index (χ1n) is 11.3. The second kappa shape index (κ2) is 10.6. The molecule has 7 nitrogen and oxygen atoms in total. The van der Waals surface area contributed by atoms with Gasteiger partial charge in [0, 0.05) is 0 Å². The summed E-state index contributed by atoms with van der Waals surface area (Å²) in [5, 5.41) is 2.79. The van der Waals surface area contributed by atoms with Gasteiger partial charge in [0.05, 0.1) is 23.7 Å². The highest BCUT2D eigenvalue weighted by molar-refractivity contribution is 7.92. The molecule has 0 saturated heterocycles. The summed E-state index contributed by atoms with van der Waals surface area (Å²) in [4.78, 5) is 13.0. The van der Waals surface area contributed by atoms with Gasteiger partial charge in [-0.05, 0) is 48.4 Å². The summed E-state index contributed by atoms with van der Waals surface area (Å²) in [6.45, 7) is 2.56. The number of fused-ring (bicyclic) bond motifs is 1. The van der Waals surface area contributed by atoms with Crippen LogP contribution in [-0.2, 0) is 21.2 Å². The van der Waals surface area contributed by atoms with Crippen LogP contribution in [0.5, 0.6) is 11.5 Å². The zero-order valence-corrected chi connectivity index (χ0v) is 19.8. The molecule has 8 heteroatoms. The Hall–Kier alpha value is -3.52. The van der Waals surface area contributed by atoms with Crippen molar-refractivity contribution in [2.24, 2.45) is 0 Å². The first kappa shape index (κ1) is 23.6. The molecule has 4 rings (SSSR count). The van der Waals surface area contributed by atoms with Gasteiger partial charge in [0.2, 0.25) is 0 Å². The van der Waals surface area contributed by atoms with Gasteiger partial charge in [0.15, 0.2) is 6.10 Å². The molecule has 3 aromatic carbocycles. The van der Waals surface area contributed by atoms with Crippen LogP contribution in [0.1, 0.15) is 18.9 Å². The van der Waals surface area contributed by atoms with E-state index in [2.05, 4.69) is 12.2 Å². The first-order valence-corrected chi connectivity index (χ1v) is 12.8. The van der Waals surface area contributed by atoms with E-state index in [1.807, 2.05) is 24.3 Å². The molecule has 1 atom stereocenters. The normalized spacial score (nSPS) is 15.2. The number of ether oxygens (including phenoxy) is 2. The molecular weight excluding hydrogens is 452 g/mol. The van der Waals surface area contributed by atoms with E-state index in [0.29, 0.717) is 11.4 Å². The average Bonchev–Trinajstić information content (AvgIpc) is 2.87. The standard InChI is InChI=1S/C26H28N2O5S/c1-2-8-20-13-15-21(16-14-20)32-18-17-27-26(29)25-19-28(23-11-6-7-12-24(23)33-25)34(30,31)22-9-4-3-5-10-22/h3-7,9-16,25H,2,8,17-19H2,1H3,(H,27,29)/t25-/m1/s1. The van der Waals surface area contributed by atoms with Crippen LogP contribution >= 0.6 is 0 Å². The maximum atomic E-state index is 13.3. The Morgan fingerprint density at radius 1 is 1.03 bits per heavy atom. The number of sulfonamides is 1. The van der Waals surface area contributed by atoms with Crippen LogP contribution in [0.3, 0.4) is 0 Å². The molecule has 1 heterocycles. The van der Waals surface area contributed by atoms with E-state index in [4.69, 9.17) is 9.47 Å². The summed E-state index contributed by atoms with van der Waals surface area (Å²) in [5.74, 6) is 0.679. The number of para-hydroxylation sites is 2. The van der Waals surface area contributed by atoms with Crippen LogP contribution < -0.4 is 19.1 Å². The average molecular weight is 481 g/mol. The predicted octanol–water partition coefficient (Wildman–Crippen LogP) is 3.79. The molecule has 0 fully saturated rings. The quantitative estimate of drug-likeness (QED) is 0.471. The minimum absolute atomic E-state index is 0.125. The Labute approximate surface area is 200 Å². The molecule has 1 amide bonds. The lowest BCUT2D eigenvalue weighted by atomic mass is 10.1. The lowest BCUT2D eigenvalue weighted by Gasteiger charge is -2.34. The number of aryl methyl sites for hydroxylation is 1. The van der Waals surface area contributed by atoms with Crippen molar-refractivity contribution in [2.45, 2.75) is 30.8 Å². The maximum absolute atomic E-state index is 13.3. The molecule has 0 radical (unpaired) electrons. The van der Waals surface area contributed by atoms with E-state index in [0.717, 1.165) is 18.6 Å². The second-order valence-corrected chi connectivity index (χ2v) is 9.82. The van der Waals surface area contributed by atoms with Crippen molar-refractivity contribution in [3.8, 4) is 11.5 Å². The lowest BCUT2D eigenvalue weighted by molar-refractivity contribution is -0.127. The number of anilines is 1. The van der Waals surface area contributed by atoms with Crippen molar-refractivity contribution in [3.05, 3.63) is 84.4 Å². The van der Waals surface area contributed by atoms with E-state index in [1.54, 1.807) is 42.5 Å². The third-order valence-electron chi connectivity index (χ3n) is 5.49. The third-order valence-corrected chi connectivity index (χ3v) is 7.28. The van der Waals surface area contributed by atoms with E-state index in [-0.39, 0.29) is 24.6 Å². The van der Waals surface area contributed by atoms with Gasteiger partial charge in [-0.2, -0.15) is 0 Å². The van der Waals surface area contributed by atoms with Gasteiger partial charge in [0.1, 0.15) is 18.1 Å². The number of carbonyl (C=O) groups is 1. The molecule has 0 aromatic heterocycles. The summed E-state index contributed by atoms with van der Waals surface area (Å²) in [6, 6.07) is 22.9. The summed E-state index contributed by atoms with van der Waals surface area (Å²) >= 11 is 0. The number of hydrogen-bond acceptors (Lipinski definition) is 5. The molecule has 1 aliphatic heterocycles. The molecule has 3 aromatic rings. The SMILES string of the molecule is CCCc1ccc(OCCNC(=O)[C@H]2CN(S(=O)(=O)c3ccccc3)c3ccccc3O2)cc1. The van der Waals surface area contributed by atoms with Gasteiger partial charge in [-0.25, -0.2) is 8.42 Å². The largest absolute Gasteiger partial charge is 0.492 e. The molecule has 0 saturated carbocycles. The second-order valence-electron chi connectivity index (χ2n) is 7.96. The highest BCUT2D eigenvalue weighted by atomic mass is 32.2. The Morgan fingerprint density at radius 2 is 1.74 bits per heavy atom. The van der Waals surface area contributed by atoms with Gasteiger partial charge in [0.25, 0.3) is 15.9 Å². The van der Waals surface area contributed by atoms with Crippen LogP contribution in [0.2, 0.25) is 0 Å². The van der Waals surface area contributed by atoms with E-state index in [1.165, 1.54) is 22.0 Å². The molecule has 34 heavy (non-hydrogen) atoms. The fourth-order valence-corrected chi connectivity index (χ4v) is 5.28. The highest BCUT2D eigenvalue weighted by Crippen LogP contribution is 2.36. The summed E-state index contributed by atoms with van der Waals surface area (Å²) in [5.41, 5.74) is 1.66. The number of benzene rings is 3. The van der Waals surface area contributed by atoms with Crippen molar-refractivity contribution in [3.63, 3.8) is 0 Å². The maximum Gasteiger partial charge on any atom is 0.264 e. The minimum atomic E-state index is -3.86. The van der Waals surface area contributed by atoms with E-state index in [9.17, 15) is 13.2 Å². The van der Waals surface area contributed by atoms with Crippen molar-refractivity contribution >= 4 is 21.6 Å². The summed E-state index contributed by atoms with van der Waals surface area (Å²) in [6.07, 6.45) is 1.13. The highest BCUT2D eigenvalue weighted by Gasteiger charge is 2.37. The summed E-state index contributed by atoms with van der Waals surface area (Å²) in [7, 11) is -3.86. The monoisotopic (exact) mass is 480 g/mol. The van der Waals surface area contributed by atoms with Gasteiger partial charge >= 0.3 is 0 Å². The number of hydrogen-bond donors (Lipinski definition) is 1. The van der Waals surface area contributed by atoms with Crippen LogP contribution in [0.4, 0.5) is 5.69 Å². The van der Waals surface area contributed by atoms with Crippen LogP contribution in [-0.4, -0.2) is 40.1 Å². The zero-order valence-electron chi connectivity index (χ0n) is 19.0. The summed E-state index contributed by atoms with van der Waals surface area (Å²) < 4.78 is 39.4. The molecule has 1 aliphatic rings. The molecule has 0 aliphatic carbocycles. The number of nitrogens with one attached hydrogen (secondary N) is 1. The third kappa shape index (κ3) is 5.34. The van der Waals surface area contributed by atoms with Crippen molar-refractivity contribution < 1.29 is 22.7 Å². The van der Waals surface area contributed by atoms with Crippen molar-refractivity contribution in [1.82, 2.24) is 5.32 Å². The molecular formula is C26H28N2O5S. The molecule has 0 spiro atoms. The molecule has 0 bridgehead atoms. The molecule has 178 valence electrons. The number of rotatable bonds is 9. The van der Waals surface area contributed by atoms with E-state index < -0.39 is 22.0 Å². The van der Waals surface area contributed by atoms with Crippen molar-refractivity contribution in [2.75, 3.05) is 24.0 Å². The van der Waals surface area contributed by atoms with Gasteiger partial charge in [-0.3, -0.25) is 9.10 Å². The molecule has 1 N–H and O–H groups in total. The van der Waals surface area contributed by atoms with Crippen LogP contribution in [0.25, 0.3) is 0 Å². The Kier molecular flexibility index (Phi) is 7.37. The zero-order chi connectivity index (χ0) is 24.0. The molecule has 0 unspecified atom stereocenters. The Balaban J connectivity index is 1.39. The fourth-order valence-electron chi connectivity index (χ4n) is 3.78. The topological polar surface area (TPSA) is 84.9 Å². The van der Waals surface area contributed by atoms with Crippen LogP contribution in [0.15, 0.2) is 83.8 Å². The smallest absolute Gasteiger partial charge is 0.264 e. The Bertz CT molecular complexity index is 1210. The lowest BCUT2D eigenvalue weighted by Crippen LogP contribution is -2.51. The fraction of sp³-hybridized carbons (Fsp3) is 0.269. The van der Waals surface area contributed by atoms with Crippen molar-refractivity contribution in [1.29, 1.82) is 0 Å². The predicted molar refractivity (Wildman–Crippen MR) is 131 cm³/mol.